The standard InChI is InChI=1S/C11H13F3NO4P/c1-18-20(17,19-2)9(8-6-4-3-5-7-8)15-10(16)11(12,13)14/h3-7,9H,1-2H3,(H,15,16). The molecular weight excluding hydrogens is 298 g/mol. The first-order chi connectivity index (χ1) is 9.24. The summed E-state index contributed by atoms with van der Waals surface area (Å²) < 4.78 is 58.6. The number of nitrogens with one attached hydrogen (secondary N) is 1. The first kappa shape index (κ1) is 16.7. The summed E-state index contributed by atoms with van der Waals surface area (Å²) in [6, 6.07) is 7.49. The number of amides is 1. The number of halogens is 3. The van der Waals surface area contributed by atoms with E-state index in [0.29, 0.717) is 0 Å². The highest BCUT2D eigenvalue weighted by Gasteiger charge is 2.44. The molecule has 1 rings (SSSR count). The number of benzene rings is 1. The molecule has 0 bridgehead atoms. The Labute approximate surface area is 113 Å². The van der Waals surface area contributed by atoms with Crippen LogP contribution in [0.1, 0.15) is 11.3 Å². The molecule has 0 aliphatic carbocycles. The maximum absolute atomic E-state index is 12.3. The summed E-state index contributed by atoms with van der Waals surface area (Å²) in [5, 5.41) is 1.64. The second kappa shape index (κ2) is 6.39. The molecule has 0 saturated heterocycles. The molecular formula is C11H13F3NO4P. The Bertz CT molecular complexity index is 498. The topological polar surface area (TPSA) is 64.6 Å². The first-order valence-electron chi connectivity index (χ1n) is 5.38. The van der Waals surface area contributed by atoms with Crippen LogP contribution in [0, 0.1) is 0 Å². The van der Waals surface area contributed by atoms with Crippen LogP contribution in [0.25, 0.3) is 0 Å². The molecule has 0 aromatic heterocycles. The van der Waals surface area contributed by atoms with Crippen molar-refractivity contribution in [2.75, 3.05) is 14.2 Å². The zero-order chi connectivity index (χ0) is 15.4. The molecule has 1 unspecified atom stereocenters. The van der Waals surface area contributed by atoms with Crippen molar-refractivity contribution in [2.24, 2.45) is 0 Å². The van der Waals surface area contributed by atoms with Crippen LogP contribution in [0.4, 0.5) is 13.2 Å². The van der Waals surface area contributed by atoms with E-state index in [-0.39, 0.29) is 5.56 Å². The monoisotopic (exact) mass is 311 g/mol. The van der Waals surface area contributed by atoms with Crippen LogP contribution in [-0.2, 0) is 18.4 Å². The average molecular weight is 311 g/mol. The predicted octanol–water partition coefficient (Wildman–Crippen LogP) is 2.85. The van der Waals surface area contributed by atoms with Gasteiger partial charge in [0, 0.05) is 14.2 Å². The number of carbonyl (C=O) groups is 1. The van der Waals surface area contributed by atoms with Crippen LogP contribution in [0.15, 0.2) is 30.3 Å². The lowest BCUT2D eigenvalue weighted by atomic mass is 10.2. The average Bonchev–Trinajstić information content (AvgIpc) is 2.43. The number of carbonyl (C=O) groups excluding carboxylic acids is 1. The summed E-state index contributed by atoms with van der Waals surface area (Å²) in [5.41, 5.74) is 0.178. The molecule has 112 valence electrons. The third kappa shape index (κ3) is 3.82. The first-order valence-corrected chi connectivity index (χ1v) is 6.99. The van der Waals surface area contributed by atoms with Crippen LogP contribution in [-0.4, -0.2) is 26.3 Å². The van der Waals surface area contributed by atoms with Gasteiger partial charge in [0.15, 0.2) is 5.78 Å². The van der Waals surface area contributed by atoms with Gasteiger partial charge in [-0.15, -0.1) is 0 Å². The Morgan fingerprint density at radius 2 is 1.70 bits per heavy atom. The highest BCUT2D eigenvalue weighted by atomic mass is 31.2. The highest BCUT2D eigenvalue weighted by Crippen LogP contribution is 2.58. The fraction of sp³-hybridized carbons (Fsp3) is 0.364. The van der Waals surface area contributed by atoms with E-state index in [1.807, 2.05) is 0 Å². The molecule has 1 aromatic carbocycles. The van der Waals surface area contributed by atoms with Gasteiger partial charge < -0.3 is 14.4 Å². The molecule has 0 fully saturated rings. The Morgan fingerprint density at radius 3 is 2.10 bits per heavy atom. The van der Waals surface area contributed by atoms with E-state index in [0.717, 1.165) is 14.2 Å². The fourth-order valence-corrected chi connectivity index (χ4v) is 2.86. The molecule has 5 nitrogen and oxygen atoms in total. The second-order valence-corrected chi connectivity index (χ2v) is 6.02. The van der Waals surface area contributed by atoms with Crippen LogP contribution < -0.4 is 5.32 Å². The van der Waals surface area contributed by atoms with Gasteiger partial charge in [0.05, 0.1) is 0 Å². The van der Waals surface area contributed by atoms with Gasteiger partial charge in [0.1, 0.15) is 0 Å². The third-order valence-electron chi connectivity index (χ3n) is 2.47. The second-order valence-electron chi connectivity index (χ2n) is 3.69. The summed E-state index contributed by atoms with van der Waals surface area (Å²) in [6.45, 7) is 0. The molecule has 0 aliphatic heterocycles. The number of hydrogen-bond donors (Lipinski definition) is 1. The fourth-order valence-electron chi connectivity index (χ4n) is 1.47. The molecule has 0 aliphatic rings. The van der Waals surface area contributed by atoms with Gasteiger partial charge in [0.2, 0.25) is 0 Å². The zero-order valence-electron chi connectivity index (χ0n) is 10.7. The quantitative estimate of drug-likeness (QED) is 0.849. The summed E-state index contributed by atoms with van der Waals surface area (Å²) in [4.78, 5) is 11.1. The SMILES string of the molecule is COP(=O)(OC)C(NC(=O)C(F)(F)F)c1ccccc1. The lowest BCUT2D eigenvalue weighted by Crippen LogP contribution is -2.39. The Morgan fingerprint density at radius 1 is 1.20 bits per heavy atom. The van der Waals surface area contributed by atoms with E-state index in [1.54, 1.807) is 11.4 Å². The number of rotatable bonds is 5. The van der Waals surface area contributed by atoms with Crippen molar-refractivity contribution in [3.8, 4) is 0 Å². The maximum atomic E-state index is 12.3. The van der Waals surface area contributed by atoms with Gasteiger partial charge in [-0.2, -0.15) is 13.2 Å². The van der Waals surface area contributed by atoms with E-state index in [9.17, 15) is 22.5 Å². The van der Waals surface area contributed by atoms with Gasteiger partial charge in [0.25, 0.3) is 0 Å². The molecule has 0 radical (unpaired) electrons. The maximum Gasteiger partial charge on any atom is 0.471 e. The van der Waals surface area contributed by atoms with E-state index in [2.05, 4.69) is 9.05 Å². The lowest BCUT2D eigenvalue weighted by molar-refractivity contribution is -0.174. The van der Waals surface area contributed by atoms with Gasteiger partial charge in [-0.3, -0.25) is 9.36 Å². The predicted molar refractivity (Wildman–Crippen MR) is 65.0 cm³/mol. The molecule has 1 aromatic rings. The number of hydrogen-bond acceptors (Lipinski definition) is 4. The van der Waals surface area contributed by atoms with E-state index >= 15 is 0 Å². The summed E-state index contributed by atoms with van der Waals surface area (Å²) in [6.07, 6.45) is -5.10. The smallest absolute Gasteiger partial charge is 0.330 e. The molecule has 0 saturated carbocycles. The van der Waals surface area contributed by atoms with Crippen molar-refractivity contribution >= 4 is 13.5 Å². The zero-order valence-corrected chi connectivity index (χ0v) is 11.6. The van der Waals surface area contributed by atoms with Crippen molar-refractivity contribution in [1.82, 2.24) is 5.32 Å². The third-order valence-corrected chi connectivity index (χ3v) is 4.54. The normalized spacial score (nSPS) is 13.8. The van der Waals surface area contributed by atoms with Crippen LogP contribution in [0.5, 0.6) is 0 Å². The van der Waals surface area contributed by atoms with E-state index in [1.165, 1.54) is 24.3 Å². The molecule has 0 spiro atoms. The molecule has 0 heterocycles. The summed E-state index contributed by atoms with van der Waals surface area (Å²) in [7, 11) is -1.91. The minimum atomic E-state index is -5.10. The van der Waals surface area contributed by atoms with E-state index in [4.69, 9.17) is 0 Å². The Balaban J connectivity index is 3.16. The Hall–Kier alpha value is -1.37. The largest absolute Gasteiger partial charge is 0.471 e. The minimum Gasteiger partial charge on any atom is -0.330 e. The van der Waals surface area contributed by atoms with Crippen molar-refractivity contribution in [3.63, 3.8) is 0 Å². The molecule has 1 amide bonds. The van der Waals surface area contributed by atoms with Crippen LogP contribution >= 0.6 is 7.60 Å². The Kier molecular flexibility index (Phi) is 5.33. The van der Waals surface area contributed by atoms with Crippen molar-refractivity contribution in [2.45, 2.75) is 12.0 Å². The van der Waals surface area contributed by atoms with Gasteiger partial charge in [-0.1, -0.05) is 30.3 Å². The molecule has 1 N–H and O–H groups in total. The van der Waals surface area contributed by atoms with Crippen LogP contribution in [0.3, 0.4) is 0 Å². The van der Waals surface area contributed by atoms with Gasteiger partial charge >= 0.3 is 19.7 Å². The van der Waals surface area contributed by atoms with Gasteiger partial charge in [-0.25, -0.2) is 0 Å². The number of alkyl halides is 3. The summed E-state index contributed by atoms with van der Waals surface area (Å²) in [5.74, 6) is -3.77. The van der Waals surface area contributed by atoms with Crippen LogP contribution in [0.2, 0.25) is 0 Å². The van der Waals surface area contributed by atoms with Crippen molar-refractivity contribution in [3.05, 3.63) is 35.9 Å². The lowest BCUT2D eigenvalue weighted by Gasteiger charge is -2.25. The minimum absolute atomic E-state index is 0.178. The van der Waals surface area contributed by atoms with Gasteiger partial charge in [-0.05, 0) is 5.56 Å². The highest BCUT2D eigenvalue weighted by molar-refractivity contribution is 7.54. The summed E-state index contributed by atoms with van der Waals surface area (Å²) >= 11 is 0. The molecule has 1 atom stereocenters. The van der Waals surface area contributed by atoms with Crippen molar-refractivity contribution < 1.29 is 31.6 Å². The molecule has 9 heteroatoms. The van der Waals surface area contributed by atoms with Crippen molar-refractivity contribution in [1.29, 1.82) is 0 Å². The van der Waals surface area contributed by atoms with E-state index < -0.39 is 25.5 Å². The molecule has 20 heavy (non-hydrogen) atoms.